The van der Waals surface area contributed by atoms with Crippen LogP contribution in [0.25, 0.3) is 0 Å². The predicted octanol–water partition coefficient (Wildman–Crippen LogP) is 3.24. The fourth-order valence-electron chi connectivity index (χ4n) is 1.35. The maximum absolute atomic E-state index is 8.56. The zero-order valence-electron chi connectivity index (χ0n) is 10.4. The van der Waals surface area contributed by atoms with E-state index in [2.05, 4.69) is 25.7 Å². The minimum Gasteiger partial charge on any atom is -0.544 e. The molecule has 1 atom stereocenters. The first-order chi connectivity index (χ1) is 7.42. The van der Waals surface area contributed by atoms with Crippen molar-refractivity contribution < 1.29 is 4.43 Å². The van der Waals surface area contributed by atoms with Gasteiger partial charge in [-0.25, -0.2) is 0 Å². The van der Waals surface area contributed by atoms with E-state index in [1.807, 2.05) is 24.3 Å². The van der Waals surface area contributed by atoms with Crippen LogP contribution < -0.4 is 10.2 Å². The van der Waals surface area contributed by atoms with Crippen molar-refractivity contribution in [3.63, 3.8) is 0 Å². The van der Waals surface area contributed by atoms with E-state index in [-0.39, 0.29) is 18.4 Å². The first kappa shape index (κ1) is 16.0. The molecule has 0 spiro atoms. The van der Waals surface area contributed by atoms with Crippen LogP contribution in [-0.2, 0) is 0 Å². The number of halogens is 1. The quantitative estimate of drug-likeness (QED) is 0.855. The van der Waals surface area contributed by atoms with Gasteiger partial charge in [0.1, 0.15) is 5.75 Å². The molecule has 0 saturated carbocycles. The topological polar surface area (TPSA) is 59.0 Å². The van der Waals surface area contributed by atoms with Gasteiger partial charge >= 0.3 is 0 Å². The Balaban J connectivity index is 0.00000256. The molecule has 0 aromatic heterocycles. The Bertz CT molecular complexity index is 381. The summed E-state index contributed by atoms with van der Waals surface area (Å²) in [5, 5.41) is 8.56. The summed E-state index contributed by atoms with van der Waals surface area (Å²) in [4.78, 5) is 0. The summed E-state index contributed by atoms with van der Waals surface area (Å²) < 4.78 is 5.83. The van der Waals surface area contributed by atoms with Crippen LogP contribution in [0.3, 0.4) is 0 Å². The van der Waals surface area contributed by atoms with E-state index in [4.69, 9.17) is 15.4 Å². The van der Waals surface area contributed by atoms with E-state index in [1.54, 1.807) is 0 Å². The summed E-state index contributed by atoms with van der Waals surface area (Å²) in [6.45, 7) is 6.42. The highest BCUT2D eigenvalue weighted by atomic mass is 35.5. The molecule has 0 unspecified atom stereocenters. The van der Waals surface area contributed by atoms with Gasteiger partial charge in [0.05, 0.1) is 12.5 Å². The molecular formula is C12H19ClN2OSi. The number of nitrogens with two attached hydrogens (primary N) is 1. The molecule has 94 valence electrons. The van der Waals surface area contributed by atoms with Crippen molar-refractivity contribution in [2.24, 2.45) is 5.73 Å². The number of nitriles is 1. The molecule has 0 aliphatic carbocycles. The summed E-state index contributed by atoms with van der Waals surface area (Å²) in [6, 6.07) is 9.57. The highest BCUT2D eigenvalue weighted by Crippen LogP contribution is 2.20. The Labute approximate surface area is 110 Å². The fraction of sp³-hybridized carbons (Fsp3) is 0.417. The normalized spacial score (nSPS) is 12.2. The molecule has 3 nitrogen and oxygen atoms in total. The van der Waals surface area contributed by atoms with Crippen molar-refractivity contribution in [2.75, 3.05) is 0 Å². The molecule has 2 N–H and O–H groups in total. The number of hydrogen-bond donors (Lipinski definition) is 1. The minimum absolute atomic E-state index is 0. The maximum atomic E-state index is 8.56. The SMILES string of the molecule is C[Si](C)(C)Oc1ccc([C@@H](N)CC#N)cc1.Cl. The largest absolute Gasteiger partial charge is 0.544 e. The summed E-state index contributed by atoms with van der Waals surface area (Å²) in [5.41, 5.74) is 6.80. The standard InChI is InChI=1S/C12H18N2OSi.ClH/c1-16(2,3)15-11-6-4-10(5-7-11)12(14)8-9-13;/h4-7,12H,8,14H2,1-3H3;1H/t12-;/m0./s1. The maximum Gasteiger partial charge on any atom is 0.242 e. The van der Waals surface area contributed by atoms with E-state index in [0.717, 1.165) is 11.3 Å². The van der Waals surface area contributed by atoms with Gasteiger partial charge in [0.2, 0.25) is 8.32 Å². The fourth-order valence-corrected chi connectivity index (χ4v) is 2.20. The van der Waals surface area contributed by atoms with Crippen molar-refractivity contribution in [2.45, 2.75) is 32.1 Å². The van der Waals surface area contributed by atoms with E-state index in [9.17, 15) is 0 Å². The van der Waals surface area contributed by atoms with Crippen LogP contribution in [-0.4, -0.2) is 8.32 Å². The van der Waals surface area contributed by atoms with E-state index in [1.165, 1.54) is 0 Å². The molecule has 0 amide bonds. The lowest BCUT2D eigenvalue weighted by Crippen LogP contribution is -2.29. The van der Waals surface area contributed by atoms with Crippen LogP contribution in [0.1, 0.15) is 18.0 Å². The molecule has 1 rings (SSSR count). The second-order valence-electron chi connectivity index (χ2n) is 4.75. The van der Waals surface area contributed by atoms with Gasteiger partial charge in [-0.2, -0.15) is 5.26 Å². The first-order valence-corrected chi connectivity index (χ1v) is 8.75. The third kappa shape index (κ3) is 5.73. The number of benzene rings is 1. The molecule has 0 radical (unpaired) electrons. The second kappa shape index (κ2) is 6.65. The van der Waals surface area contributed by atoms with Gasteiger partial charge in [-0.05, 0) is 37.3 Å². The molecule has 0 aliphatic rings. The Morgan fingerprint density at radius 1 is 1.29 bits per heavy atom. The average Bonchev–Trinajstić information content (AvgIpc) is 2.16. The van der Waals surface area contributed by atoms with Gasteiger partial charge in [0, 0.05) is 6.04 Å². The van der Waals surface area contributed by atoms with Crippen LogP contribution in [0.4, 0.5) is 0 Å². The minimum atomic E-state index is -1.54. The zero-order chi connectivity index (χ0) is 12.2. The van der Waals surface area contributed by atoms with Crippen molar-refractivity contribution in [1.82, 2.24) is 0 Å². The molecule has 1 aromatic rings. The monoisotopic (exact) mass is 270 g/mol. The molecule has 0 bridgehead atoms. The van der Waals surface area contributed by atoms with E-state index in [0.29, 0.717) is 6.42 Å². The van der Waals surface area contributed by atoms with E-state index >= 15 is 0 Å². The molecule has 5 heteroatoms. The summed E-state index contributed by atoms with van der Waals surface area (Å²) >= 11 is 0. The van der Waals surface area contributed by atoms with E-state index < -0.39 is 8.32 Å². The van der Waals surface area contributed by atoms with Crippen LogP contribution in [0, 0.1) is 11.3 Å². The van der Waals surface area contributed by atoms with Gasteiger partial charge in [0.25, 0.3) is 0 Å². The van der Waals surface area contributed by atoms with Gasteiger partial charge < -0.3 is 10.2 Å². The predicted molar refractivity (Wildman–Crippen MR) is 74.8 cm³/mol. The lowest BCUT2D eigenvalue weighted by atomic mass is 10.1. The lowest BCUT2D eigenvalue weighted by Gasteiger charge is -2.19. The highest BCUT2D eigenvalue weighted by Gasteiger charge is 2.16. The van der Waals surface area contributed by atoms with Crippen LogP contribution in [0.15, 0.2) is 24.3 Å². The van der Waals surface area contributed by atoms with Crippen molar-refractivity contribution in [3.05, 3.63) is 29.8 Å². The van der Waals surface area contributed by atoms with Crippen LogP contribution in [0.2, 0.25) is 19.6 Å². The molecule has 17 heavy (non-hydrogen) atoms. The Kier molecular flexibility index (Phi) is 6.25. The Morgan fingerprint density at radius 3 is 2.24 bits per heavy atom. The molecule has 0 heterocycles. The van der Waals surface area contributed by atoms with Crippen molar-refractivity contribution in [1.29, 1.82) is 5.26 Å². The molecule has 0 saturated heterocycles. The van der Waals surface area contributed by atoms with Crippen LogP contribution in [0.5, 0.6) is 5.75 Å². The molecule has 0 fully saturated rings. The summed E-state index contributed by atoms with van der Waals surface area (Å²) in [5.74, 6) is 0.882. The number of hydrogen-bond acceptors (Lipinski definition) is 3. The first-order valence-electron chi connectivity index (χ1n) is 5.34. The van der Waals surface area contributed by atoms with Gasteiger partial charge in [-0.3, -0.25) is 0 Å². The molecule has 0 aliphatic heterocycles. The third-order valence-corrected chi connectivity index (χ3v) is 2.89. The van der Waals surface area contributed by atoms with Crippen LogP contribution >= 0.6 is 12.4 Å². The van der Waals surface area contributed by atoms with Gasteiger partial charge in [-0.1, -0.05) is 12.1 Å². The zero-order valence-corrected chi connectivity index (χ0v) is 12.3. The second-order valence-corrected chi connectivity index (χ2v) is 9.18. The summed E-state index contributed by atoms with van der Waals surface area (Å²) in [7, 11) is -1.54. The molecular weight excluding hydrogens is 252 g/mol. The molecule has 1 aromatic carbocycles. The Morgan fingerprint density at radius 2 is 1.82 bits per heavy atom. The van der Waals surface area contributed by atoms with Gasteiger partial charge in [-0.15, -0.1) is 12.4 Å². The number of nitrogens with zero attached hydrogens (tertiary/aromatic N) is 1. The number of rotatable bonds is 4. The average molecular weight is 271 g/mol. The highest BCUT2D eigenvalue weighted by molar-refractivity contribution is 6.70. The smallest absolute Gasteiger partial charge is 0.242 e. The van der Waals surface area contributed by atoms with Crippen molar-refractivity contribution in [3.8, 4) is 11.8 Å². The Hall–Kier alpha value is -1.02. The third-order valence-electron chi connectivity index (χ3n) is 2.04. The summed E-state index contributed by atoms with van der Waals surface area (Å²) in [6.07, 6.45) is 0.341. The van der Waals surface area contributed by atoms with Gasteiger partial charge in [0.15, 0.2) is 0 Å². The lowest BCUT2D eigenvalue weighted by molar-refractivity contribution is 0.557. The van der Waals surface area contributed by atoms with Crippen molar-refractivity contribution >= 4 is 20.7 Å².